The van der Waals surface area contributed by atoms with Crippen molar-refractivity contribution in [2.24, 2.45) is 0 Å². The summed E-state index contributed by atoms with van der Waals surface area (Å²) in [5, 5.41) is 12.7. The highest BCUT2D eigenvalue weighted by Gasteiger charge is 2.44. The molecule has 1 unspecified atom stereocenters. The summed E-state index contributed by atoms with van der Waals surface area (Å²) in [6.07, 6.45) is 3.24. The van der Waals surface area contributed by atoms with Crippen LogP contribution in [0.15, 0.2) is 42.5 Å². The van der Waals surface area contributed by atoms with Crippen molar-refractivity contribution in [2.45, 2.75) is 43.8 Å². The number of fused-ring (bicyclic) bond motifs is 1. The van der Waals surface area contributed by atoms with Crippen LogP contribution >= 0.6 is 0 Å². The fraction of sp³-hybridized carbons (Fsp3) is 0.476. The molecule has 0 saturated carbocycles. The van der Waals surface area contributed by atoms with Crippen molar-refractivity contribution >= 4 is 16.7 Å². The average Bonchev–Trinajstić information content (AvgIpc) is 2.65. The molecule has 4 heteroatoms. The van der Waals surface area contributed by atoms with Gasteiger partial charge in [-0.25, -0.2) is 0 Å². The first kappa shape index (κ1) is 16.6. The Hall–Kier alpha value is -1.91. The first-order valence-electron chi connectivity index (χ1n) is 9.24. The minimum Gasteiger partial charge on any atom is -0.390 e. The molecule has 2 aromatic rings. The van der Waals surface area contributed by atoms with Gasteiger partial charge in [0.2, 0.25) is 5.91 Å². The summed E-state index contributed by atoms with van der Waals surface area (Å²) in [5.74, 6) is 0.162. The van der Waals surface area contributed by atoms with Gasteiger partial charge >= 0.3 is 0 Å². The van der Waals surface area contributed by atoms with Crippen LogP contribution in [0.25, 0.3) is 10.8 Å². The Balaban J connectivity index is 1.40. The molecule has 2 fully saturated rings. The minimum absolute atomic E-state index is 0.162. The second-order valence-corrected chi connectivity index (χ2v) is 7.31. The SMILES string of the molecule is O=C(Cc1ccc2ccccc2c1)N1CCC2(CC1)OCCCC2O. The number of hydrogen-bond donors (Lipinski definition) is 1. The molecule has 2 aromatic carbocycles. The maximum absolute atomic E-state index is 12.7. The number of ether oxygens (including phenoxy) is 1. The Morgan fingerprint density at radius 1 is 1.16 bits per heavy atom. The van der Waals surface area contributed by atoms with Crippen LogP contribution < -0.4 is 0 Å². The highest BCUT2D eigenvalue weighted by molar-refractivity contribution is 5.85. The monoisotopic (exact) mass is 339 g/mol. The van der Waals surface area contributed by atoms with E-state index >= 15 is 0 Å². The fourth-order valence-corrected chi connectivity index (χ4v) is 4.16. The zero-order valence-corrected chi connectivity index (χ0v) is 14.5. The average molecular weight is 339 g/mol. The van der Waals surface area contributed by atoms with E-state index in [2.05, 4.69) is 24.3 Å². The first-order valence-corrected chi connectivity index (χ1v) is 9.24. The van der Waals surface area contributed by atoms with Crippen LogP contribution in [0.3, 0.4) is 0 Å². The summed E-state index contributed by atoms with van der Waals surface area (Å²) < 4.78 is 5.93. The Bertz CT molecular complexity index is 765. The van der Waals surface area contributed by atoms with E-state index in [0.29, 0.717) is 19.5 Å². The number of benzene rings is 2. The zero-order valence-electron chi connectivity index (χ0n) is 14.5. The molecule has 2 heterocycles. The molecular weight excluding hydrogens is 314 g/mol. The number of aliphatic hydroxyl groups is 1. The Kier molecular flexibility index (Phi) is 4.48. The van der Waals surface area contributed by atoms with E-state index < -0.39 is 5.60 Å². The van der Waals surface area contributed by atoms with E-state index in [4.69, 9.17) is 4.74 Å². The van der Waals surface area contributed by atoms with Crippen molar-refractivity contribution in [2.75, 3.05) is 19.7 Å². The molecule has 1 amide bonds. The molecule has 1 atom stereocenters. The molecule has 132 valence electrons. The summed E-state index contributed by atoms with van der Waals surface area (Å²) in [7, 11) is 0. The van der Waals surface area contributed by atoms with Gasteiger partial charge in [-0.1, -0.05) is 42.5 Å². The Labute approximate surface area is 148 Å². The topological polar surface area (TPSA) is 49.8 Å². The standard InChI is InChI=1S/C21H25NO3/c23-19-6-3-13-25-21(19)9-11-22(12-10-21)20(24)15-16-7-8-17-4-1-2-5-18(17)14-16/h1-2,4-5,7-8,14,19,23H,3,6,9-13,15H2. The summed E-state index contributed by atoms with van der Waals surface area (Å²) in [4.78, 5) is 14.6. The third-order valence-electron chi connectivity index (χ3n) is 5.75. The number of carbonyl (C=O) groups is 1. The molecule has 0 bridgehead atoms. The second-order valence-electron chi connectivity index (χ2n) is 7.31. The maximum Gasteiger partial charge on any atom is 0.226 e. The van der Waals surface area contributed by atoms with Gasteiger partial charge in [0.15, 0.2) is 0 Å². The van der Waals surface area contributed by atoms with Crippen molar-refractivity contribution in [1.82, 2.24) is 4.90 Å². The molecule has 1 spiro atoms. The number of nitrogens with zero attached hydrogens (tertiary/aromatic N) is 1. The smallest absolute Gasteiger partial charge is 0.226 e. The third-order valence-corrected chi connectivity index (χ3v) is 5.75. The summed E-state index contributed by atoms with van der Waals surface area (Å²) >= 11 is 0. The molecule has 0 aliphatic carbocycles. The predicted octanol–water partition coefficient (Wildman–Crippen LogP) is 2.91. The van der Waals surface area contributed by atoms with Crippen molar-refractivity contribution in [3.63, 3.8) is 0 Å². The first-order chi connectivity index (χ1) is 12.2. The van der Waals surface area contributed by atoms with Gasteiger partial charge in [0.25, 0.3) is 0 Å². The predicted molar refractivity (Wildman–Crippen MR) is 97.4 cm³/mol. The lowest BCUT2D eigenvalue weighted by Gasteiger charge is -2.46. The molecule has 4 nitrogen and oxygen atoms in total. The van der Waals surface area contributed by atoms with E-state index in [9.17, 15) is 9.90 Å². The lowest BCUT2D eigenvalue weighted by atomic mass is 9.82. The number of rotatable bonds is 2. The largest absolute Gasteiger partial charge is 0.390 e. The molecular formula is C21H25NO3. The Morgan fingerprint density at radius 2 is 1.92 bits per heavy atom. The van der Waals surface area contributed by atoms with Crippen LogP contribution in [0, 0.1) is 0 Å². The molecule has 0 aromatic heterocycles. The fourth-order valence-electron chi connectivity index (χ4n) is 4.16. The van der Waals surface area contributed by atoms with Crippen LogP contribution in [-0.2, 0) is 16.0 Å². The minimum atomic E-state index is -0.419. The van der Waals surface area contributed by atoms with E-state index in [-0.39, 0.29) is 12.0 Å². The highest BCUT2D eigenvalue weighted by Crippen LogP contribution is 2.35. The molecule has 2 aliphatic rings. The van der Waals surface area contributed by atoms with Gasteiger partial charge in [-0.3, -0.25) is 4.79 Å². The molecule has 1 N–H and O–H groups in total. The van der Waals surface area contributed by atoms with Crippen LogP contribution in [0.5, 0.6) is 0 Å². The highest BCUT2D eigenvalue weighted by atomic mass is 16.5. The zero-order chi connectivity index (χ0) is 17.3. The molecule has 2 saturated heterocycles. The van der Waals surface area contributed by atoms with Crippen molar-refractivity contribution in [1.29, 1.82) is 0 Å². The van der Waals surface area contributed by atoms with Crippen LogP contribution in [0.2, 0.25) is 0 Å². The maximum atomic E-state index is 12.7. The lowest BCUT2D eigenvalue weighted by molar-refractivity contribution is -0.179. The molecule has 25 heavy (non-hydrogen) atoms. The lowest BCUT2D eigenvalue weighted by Crippen LogP contribution is -2.56. The van der Waals surface area contributed by atoms with Gasteiger partial charge in [-0.15, -0.1) is 0 Å². The van der Waals surface area contributed by atoms with E-state index in [0.717, 1.165) is 37.9 Å². The van der Waals surface area contributed by atoms with Gasteiger partial charge in [-0.05, 0) is 42.0 Å². The molecule has 0 radical (unpaired) electrons. The number of likely N-dealkylation sites (tertiary alicyclic amines) is 1. The van der Waals surface area contributed by atoms with Crippen LogP contribution in [0.4, 0.5) is 0 Å². The van der Waals surface area contributed by atoms with Gasteiger partial charge in [-0.2, -0.15) is 0 Å². The van der Waals surface area contributed by atoms with Crippen molar-refractivity contribution in [3.05, 3.63) is 48.0 Å². The molecule has 2 aliphatic heterocycles. The number of piperidine rings is 1. The van der Waals surface area contributed by atoms with Gasteiger partial charge in [0, 0.05) is 19.7 Å². The summed E-state index contributed by atoms with van der Waals surface area (Å²) in [6, 6.07) is 14.4. The molecule has 4 rings (SSSR count). The number of carbonyl (C=O) groups excluding carboxylic acids is 1. The number of amides is 1. The quantitative estimate of drug-likeness (QED) is 0.915. The normalized spacial score (nSPS) is 23.1. The van der Waals surface area contributed by atoms with E-state index in [1.807, 2.05) is 23.1 Å². The third kappa shape index (κ3) is 3.29. The summed E-state index contributed by atoms with van der Waals surface area (Å²) in [5.41, 5.74) is 0.635. The Morgan fingerprint density at radius 3 is 2.68 bits per heavy atom. The second kappa shape index (κ2) is 6.77. The van der Waals surface area contributed by atoms with Crippen molar-refractivity contribution < 1.29 is 14.6 Å². The van der Waals surface area contributed by atoms with Crippen LogP contribution in [-0.4, -0.2) is 47.3 Å². The van der Waals surface area contributed by atoms with Crippen LogP contribution in [0.1, 0.15) is 31.2 Å². The van der Waals surface area contributed by atoms with Crippen molar-refractivity contribution in [3.8, 4) is 0 Å². The number of hydrogen-bond acceptors (Lipinski definition) is 3. The van der Waals surface area contributed by atoms with Gasteiger partial charge in [0.05, 0.1) is 18.1 Å². The van der Waals surface area contributed by atoms with E-state index in [1.165, 1.54) is 10.8 Å². The van der Waals surface area contributed by atoms with Gasteiger partial charge < -0.3 is 14.7 Å². The van der Waals surface area contributed by atoms with Gasteiger partial charge in [0.1, 0.15) is 0 Å². The van der Waals surface area contributed by atoms with E-state index in [1.54, 1.807) is 0 Å². The number of aliphatic hydroxyl groups excluding tert-OH is 1. The summed E-state index contributed by atoms with van der Waals surface area (Å²) in [6.45, 7) is 2.06.